The van der Waals surface area contributed by atoms with Gasteiger partial charge in [0.15, 0.2) is 0 Å². The van der Waals surface area contributed by atoms with E-state index in [0.717, 1.165) is 10.8 Å². The number of unbranched alkanes of at least 4 members (excludes halogenated alkanes) is 12. The molecular formula is C24H42S. The smallest absolute Gasteiger partial charge is 0.00401 e. The Balaban J connectivity index is 1.93. The Morgan fingerprint density at radius 1 is 0.640 bits per heavy atom. The number of hydrogen-bond donors (Lipinski definition) is 1. The highest BCUT2D eigenvalue weighted by Crippen LogP contribution is 2.26. The average Bonchev–Trinajstić information content (AvgIpc) is 2.63. The second-order valence-electron chi connectivity index (χ2n) is 7.73. The standard InChI is InChI=1S/C24H42S/c1-3-5-6-7-8-9-10-11-12-13-14-15-16-17-22(4-2)23-18-20-24(25)21-19-23/h18-22,25H,3-17H2,1-2H3. The van der Waals surface area contributed by atoms with Crippen LogP contribution in [0.15, 0.2) is 29.2 Å². The molecule has 0 aliphatic rings. The first-order valence-corrected chi connectivity index (χ1v) is 11.5. The number of thiol groups is 1. The SMILES string of the molecule is CCCCCCCCCCCCCCCC(CC)c1ccc(S)cc1. The molecule has 0 aromatic heterocycles. The molecule has 0 fully saturated rings. The van der Waals surface area contributed by atoms with Gasteiger partial charge in [0.25, 0.3) is 0 Å². The maximum Gasteiger partial charge on any atom is 0.00401 e. The van der Waals surface area contributed by atoms with E-state index in [4.69, 9.17) is 0 Å². The van der Waals surface area contributed by atoms with Crippen LogP contribution in [0, 0.1) is 0 Å². The van der Waals surface area contributed by atoms with Gasteiger partial charge in [-0.25, -0.2) is 0 Å². The zero-order valence-electron chi connectivity index (χ0n) is 16.9. The van der Waals surface area contributed by atoms with E-state index in [1.165, 1.54) is 102 Å². The van der Waals surface area contributed by atoms with Crippen molar-refractivity contribution >= 4 is 12.6 Å². The number of rotatable bonds is 16. The van der Waals surface area contributed by atoms with Crippen molar-refractivity contribution in [1.29, 1.82) is 0 Å². The molecule has 0 bridgehead atoms. The number of benzene rings is 1. The summed E-state index contributed by atoms with van der Waals surface area (Å²) in [6.07, 6.45) is 21.3. The summed E-state index contributed by atoms with van der Waals surface area (Å²) < 4.78 is 0. The molecule has 0 nitrogen and oxygen atoms in total. The van der Waals surface area contributed by atoms with Crippen molar-refractivity contribution in [3.05, 3.63) is 29.8 Å². The Kier molecular flexibility index (Phi) is 14.3. The van der Waals surface area contributed by atoms with Gasteiger partial charge >= 0.3 is 0 Å². The minimum atomic E-state index is 0.738. The molecule has 1 rings (SSSR count). The Bertz CT molecular complexity index is 395. The summed E-state index contributed by atoms with van der Waals surface area (Å²) in [5, 5.41) is 0. The first-order valence-electron chi connectivity index (χ1n) is 11.1. The van der Waals surface area contributed by atoms with Gasteiger partial charge < -0.3 is 0 Å². The minimum Gasteiger partial charge on any atom is -0.143 e. The molecule has 0 aliphatic heterocycles. The van der Waals surface area contributed by atoms with Crippen molar-refractivity contribution in [2.45, 2.75) is 121 Å². The summed E-state index contributed by atoms with van der Waals surface area (Å²) in [7, 11) is 0. The van der Waals surface area contributed by atoms with Crippen LogP contribution in [0.2, 0.25) is 0 Å². The quantitative estimate of drug-likeness (QED) is 0.220. The predicted molar refractivity (Wildman–Crippen MR) is 117 cm³/mol. The van der Waals surface area contributed by atoms with Gasteiger partial charge in [-0.3, -0.25) is 0 Å². The van der Waals surface area contributed by atoms with Crippen LogP contribution in [0.4, 0.5) is 0 Å². The first-order chi connectivity index (χ1) is 12.3. The average molecular weight is 363 g/mol. The summed E-state index contributed by atoms with van der Waals surface area (Å²) in [5.41, 5.74) is 1.50. The maximum atomic E-state index is 4.39. The van der Waals surface area contributed by atoms with Crippen LogP contribution in [0.25, 0.3) is 0 Å². The maximum absolute atomic E-state index is 4.39. The molecule has 25 heavy (non-hydrogen) atoms. The minimum absolute atomic E-state index is 0.738. The molecule has 0 spiro atoms. The van der Waals surface area contributed by atoms with Crippen LogP contribution in [-0.4, -0.2) is 0 Å². The Morgan fingerprint density at radius 3 is 1.52 bits per heavy atom. The van der Waals surface area contributed by atoms with Gasteiger partial charge in [0.2, 0.25) is 0 Å². The monoisotopic (exact) mass is 362 g/mol. The zero-order chi connectivity index (χ0) is 18.2. The van der Waals surface area contributed by atoms with Crippen LogP contribution in [0.5, 0.6) is 0 Å². The summed E-state index contributed by atoms with van der Waals surface area (Å²) >= 11 is 4.39. The second kappa shape index (κ2) is 15.8. The zero-order valence-corrected chi connectivity index (χ0v) is 17.8. The molecule has 0 aliphatic carbocycles. The molecular weight excluding hydrogens is 320 g/mol. The lowest BCUT2D eigenvalue weighted by Crippen LogP contribution is -1.97. The molecule has 0 saturated carbocycles. The fourth-order valence-corrected chi connectivity index (χ4v) is 3.91. The van der Waals surface area contributed by atoms with Gasteiger partial charge in [0.1, 0.15) is 0 Å². The van der Waals surface area contributed by atoms with Gasteiger partial charge in [-0.15, -0.1) is 12.6 Å². The molecule has 1 aromatic rings. The molecule has 0 saturated heterocycles. The van der Waals surface area contributed by atoms with Crippen molar-refractivity contribution in [2.75, 3.05) is 0 Å². The highest BCUT2D eigenvalue weighted by atomic mass is 32.1. The van der Waals surface area contributed by atoms with Gasteiger partial charge in [0, 0.05) is 4.90 Å². The van der Waals surface area contributed by atoms with E-state index in [1.807, 2.05) is 0 Å². The van der Waals surface area contributed by atoms with E-state index >= 15 is 0 Å². The molecule has 0 amide bonds. The Hall–Kier alpha value is -0.430. The van der Waals surface area contributed by atoms with Crippen LogP contribution in [0.3, 0.4) is 0 Å². The molecule has 1 atom stereocenters. The van der Waals surface area contributed by atoms with E-state index in [0.29, 0.717) is 0 Å². The first kappa shape index (κ1) is 22.6. The van der Waals surface area contributed by atoms with E-state index < -0.39 is 0 Å². The summed E-state index contributed by atoms with van der Waals surface area (Å²) in [6.45, 7) is 4.61. The lowest BCUT2D eigenvalue weighted by Gasteiger charge is -2.15. The molecule has 0 N–H and O–H groups in total. The van der Waals surface area contributed by atoms with Crippen LogP contribution in [-0.2, 0) is 0 Å². The molecule has 0 radical (unpaired) electrons. The van der Waals surface area contributed by atoms with E-state index in [1.54, 1.807) is 0 Å². The largest absolute Gasteiger partial charge is 0.143 e. The molecule has 0 heterocycles. The van der Waals surface area contributed by atoms with Gasteiger partial charge in [-0.05, 0) is 36.5 Å². The predicted octanol–water partition coefficient (Wildman–Crippen LogP) is 8.95. The lowest BCUT2D eigenvalue weighted by atomic mass is 9.91. The third-order valence-electron chi connectivity index (χ3n) is 5.51. The summed E-state index contributed by atoms with van der Waals surface area (Å²) in [4.78, 5) is 1.07. The van der Waals surface area contributed by atoms with Crippen molar-refractivity contribution < 1.29 is 0 Å². The summed E-state index contributed by atoms with van der Waals surface area (Å²) in [5.74, 6) is 0.738. The van der Waals surface area contributed by atoms with Crippen molar-refractivity contribution in [1.82, 2.24) is 0 Å². The topological polar surface area (TPSA) is 0 Å². The van der Waals surface area contributed by atoms with E-state index in [-0.39, 0.29) is 0 Å². The fourth-order valence-electron chi connectivity index (χ4n) is 3.76. The van der Waals surface area contributed by atoms with E-state index in [2.05, 4.69) is 50.7 Å². The van der Waals surface area contributed by atoms with Crippen molar-refractivity contribution in [3.8, 4) is 0 Å². The van der Waals surface area contributed by atoms with E-state index in [9.17, 15) is 0 Å². The fraction of sp³-hybridized carbons (Fsp3) is 0.750. The third-order valence-corrected chi connectivity index (χ3v) is 5.81. The lowest BCUT2D eigenvalue weighted by molar-refractivity contribution is 0.513. The normalized spacial score (nSPS) is 12.4. The van der Waals surface area contributed by atoms with Crippen LogP contribution < -0.4 is 0 Å². The highest BCUT2D eigenvalue weighted by Gasteiger charge is 2.08. The second-order valence-corrected chi connectivity index (χ2v) is 8.24. The molecule has 1 heteroatoms. The van der Waals surface area contributed by atoms with Gasteiger partial charge in [-0.2, -0.15) is 0 Å². The molecule has 1 unspecified atom stereocenters. The van der Waals surface area contributed by atoms with Crippen LogP contribution >= 0.6 is 12.6 Å². The van der Waals surface area contributed by atoms with Gasteiger partial charge in [-0.1, -0.05) is 109 Å². The third kappa shape index (κ3) is 11.7. The molecule has 1 aromatic carbocycles. The van der Waals surface area contributed by atoms with Crippen molar-refractivity contribution in [2.24, 2.45) is 0 Å². The highest BCUT2D eigenvalue weighted by molar-refractivity contribution is 7.80. The number of hydrogen-bond acceptors (Lipinski definition) is 1. The molecule has 144 valence electrons. The Labute approximate surface area is 163 Å². The summed E-state index contributed by atoms with van der Waals surface area (Å²) in [6, 6.07) is 8.79. The Morgan fingerprint density at radius 2 is 1.08 bits per heavy atom. The van der Waals surface area contributed by atoms with Gasteiger partial charge in [0.05, 0.1) is 0 Å². The van der Waals surface area contributed by atoms with Crippen molar-refractivity contribution in [3.63, 3.8) is 0 Å². The van der Waals surface area contributed by atoms with Crippen LogP contribution in [0.1, 0.15) is 122 Å².